The van der Waals surface area contributed by atoms with Crippen LogP contribution in [0.4, 0.5) is 8.78 Å². The Labute approximate surface area is 121 Å². The van der Waals surface area contributed by atoms with Crippen molar-refractivity contribution in [2.24, 2.45) is 0 Å². The lowest BCUT2D eigenvalue weighted by atomic mass is 10.1. The number of nitriles is 1. The van der Waals surface area contributed by atoms with Crippen LogP contribution < -0.4 is 4.74 Å². The fraction of sp³-hybridized carbons (Fsp3) is 0.188. The molecule has 3 nitrogen and oxygen atoms in total. The van der Waals surface area contributed by atoms with E-state index in [1.165, 1.54) is 25.1 Å². The van der Waals surface area contributed by atoms with E-state index >= 15 is 0 Å². The van der Waals surface area contributed by atoms with Crippen molar-refractivity contribution in [3.63, 3.8) is 0 Å². The highest BCUT2D eigenvalue weighted by Gasteiger charge is 2.15. The largest absolute Gasteiger partial charge is 0.454 e. The van der Waals surface area contributed by atoms with Crippen molar-refractivity contribution in [2.45, 2.75) is 20.0 Å². The quantitative estimate of drug-likeness (QED) is 0.929. The Morgan fingerprint density at radius 1 is 1.14 bits per heavy atom. The molecule has 1 N–H and O–H groups in total. The molecule has 0 amide bonds. The smallest absolute Gasteiger partial charge is 0.167 e. The molecule has 0 spiro atoms. The third-order valence-electron chi connectivity index (χ3n) is 3.02. The number of benzene rings is 2. The van der Waals surface area contributed by atoms with E-state index in [-0.39, 0.29) is 22.6 Å². The summed E-state index contributed by atoms with van der Waals surface area (Å²) in [7, 11) is 0. The van der Waals surface area contributed by atoms with Crippen LogP contribution in [0.3, 0.4) is 0 Å². The molecule has 2 aromatic carbocycles. The molecule has 0 heterocycles. The Balaban J connectivity index is 2.44. The third-order valence-corrected chi connectivity index (χ3v) is 3.02. The van der Waals surface area contributed by atoms with E-state index in [0.29, 0.717) is 5.56 Å². The zero-order valence-corrected chi connectivity index (χ0v) is 11.5. The number of aliphatic hydroxyl groups is 1. The van der Waals surface area contributed by atoms with Gasteiger partial charge in [0.25, 0.3) is 0 Å². The minimum absolute atomic E-state index is 0.0955. The second kappa shape index (κ2) is 5.90. The van der Waals surface area contributed by atoms with Gasteiger partial charge in [-0.3, -0.25) is 0 Å². The van der Waals surface area contributed by atoms with E-state index in [0.717, 1.165) is 12.1 Å². The van der Waals surface area contributed by atoms with Gasteiger partial charge < -0.3 is 9.84 Å². The van der Waals surface area contributed by atoms with Crippen molar-refractivity contribution in [3.05, 3.63) is 58.7 Å². The average molecular weight is 289 g/mol. The van der Waals surface area contributed by atoms with E-state index in [4.69, 9.17) is 10.00 Å². The van der Waals surface area contributed by atoms with Crippen molar-refractivity contribution in [1.29, 1.82) is 5.26 Å². The normalized spacial score (nSPS) is 11.8. The van der Waals surface area contributed by atoms with Crippen molar-refractivity contribution >= 4 is 0 Å². The molecule has 0 aliphatic carbocycles. The van der Waals surface area contributed by atoms with Crippen molar-refractivity contribution in [1.82, 2.24) is 0 Å². The van der Waals surface area contributed by atoms with Gasteiger partial charge in [0.1, 0.15) is 11.6 Å². The lowest BCUT2D eigenvalue weighted by Crippen LogP contribution is -2.00. The van der Waals surface area contributed by atoms with Crippen LogP contribution >= 0.6 is 0 Å². The summed E-state index contributed by atoms with van der Waals surface area (Å²) in [6.45, 7) is 3.01. The number of nitrogens with zero attached hydrogens (tertiary/aromatic N) is 1. The molecule has 0 saturated heterocycles. The van der Waals surface area contributed by atoms with Crippen molar-refractivity contribution in [3.8, 4) is 17.6 Å². The van der Waals surface area contributed by atoms with Crippen LogP contribution in [0, 0.1) is 29.9 Å². The number of hydrogen-bond acceptors (Lipinski definition) is 3. The lowest BCUT2D eigenvalue weighted by Gasteiger charge is -2.15. The van der Waals surface area contributed by atoms with Crippen molar-refractivity contribution in [2.75, 3.05) is 0 Å². The van der Waals surface area contributed by atoms with Gasteiger partial charge in [-0.1, -0.05) is 0 Å². The molecule has 0 bridgehead atoms. The molecule has 0 aliphatic heterocycles. The third kappa shape index (κ3) is 3.18. The predicted octanol–water partition coefficient (Wildman–Crippen LogP) is 3.99. The minimum Gasteiger partial charge on any atom is -0.454 e. The standard InChI is InChI=1S/C16H13F2NO2/c1-9-5-16(12(10(2)20)7-13(9)17)21-15-4-3-11(8-19)6-14(15)18/h3-7,10,20H,1-2H3/t10-/m0/s1. The first-order chi connectivity index (χ1) is 9.92. The number of aryl methyl sites for hydroxylation is 1. The summed E-state index contributed by atoms with van der Waals surface area (Å²) in [6.07, 6.45) is -0.962. The SMILES string of the molecule is Cc1cc(Oc2ccc(C#N)cc2F)c([C@H](C)O)cc1F. The van der Waals surface area contributed by atoms with Crippen LogP contribution in [0.2, 0.25) is 0 Å². The Morgan fingerprint density at radius 3 is 2.43 bits per heavy atom. The maximum Gasteiger partial charge on any atom is 0.167 e. The van der Waals surface area contributed by atoms with Gasteiger partial charge in [-0.25, -0.2) is 8.78 Å². The summed E-state index contributed by atoms with van der Waals surface area (Å²) < 4.78 is 32.8. The summed E-state index contributed by atoms with van der Waals surface area (Å²) >= 11 is 0. The molecule has 0 fully saturated rings. The zero-order chi connectivity index (χ0) is 15.6. The Hall–Kier alpha value is -2.45. The highest BCUT2D eigenvalue weighted by atomic mass is 19.1. The minimum atomic E-state index is -0.962. The van der Waals surface area contributed by atoms with Gasteiger partial charge in [0.2, 0.25) is 0 Å². The molecule has 2 rings (SSSR count). The molecule has 0 radical (unpaired) electrons. The summed E-state index contributed by atoms with van der Waals surface area (Å²) in [5.74, 6) is -1.10. The molecule has 0 unspecified atom stereocenters. The van der Waals surface area contributed by atoms with Crippen molar-refractivity contribution < 1.29 is 18.6 Å². The van der Waals surface area contributed by atoms with Crippen LogP contribution in [0.1, 0.15) is 29.7 Å². The Bertz CT molecular complexity index is 721. The topological polar surface area (TPSA) is 53.2 Å². The van der Waals surface area contributed by atoms with Gasteiger partial charge >= 0.3 is 0 Å². The number of halogens is 2. The lowest BCUT2D eigenvalue weighted by molar-refractivity contribution is 0.195. The van der Waals surface area contributed by atoms with Crippen LogP contribution in [-0.2, 0) is 0 Å². The van der Waals surface area contributed by atoms with Crippen LogP contribution in [0.5, 0.6) is 11.5 Å². The van der Waals surface area contributed by atoms with Crippen LogP contribution in [0.15, 0.2) is 30.3 Å². The maximum absolute atomic E-state index is 13.8. The number of rotatable bonds is 3. The fourth-order valence-corrected chi connectivity index (χ4v) is 1.86. The van der Waals surface area contributed by atoms with E-state index in [2.05, 4.69) is 0 Å². The van der Waals surface area contributed by atoms with Gasteiger partial charge in [-0.15, -0.1) is 0 Å². The predicted molar refractivity (Wildman–Crippen MR) is 73.0 cm³/mol. The van der Waals surface area contributed by atoms with Gasteiger partial charge in [0.15, 0.2) is 11.6 Å². The van der Waals surface area contributed by atoms with Crippen LogP contribution in [0.25, 0.3) is 0 Å². The molecule has 5 heteroatoms. The average Bonchev–Trinajstić information content (AvgIpc) is 2.44. The number of aliphatic hydroxyl groups excluding tert-OH is 1. The fourth-order valence-electron chi connectivity index (χ4n) is 1.86. The first kappa shape index (κ1) is 14.9. The van der Waals surface area contributed by atoms with E-state index < -0.39 is 17.7 Å². The molecular weight excluding hydrogens is 276 g/mol. The molecule has 108 valence electrons. The summed E-state index contributed by atoms with van der Waals surface area (Å²) in [5, 5.41) is 18.4. The number of ether oxygens (including phenoxy) is 1. The Kier molecular flexibility index (Phi) is 4.20. The summed E-state index contributed by atoms with van der Waals surface area (Å²) in [6, 6.07) is 8.16. The molecule has 0 aliphatic rings. The number of hydrogen-bond donors (Lipinski definition) is 1. The second-order valence-corrected chi connectivity index (χ2v) is 4.67. The van der Waals surface area contributed by atoms with Gasteiger partial charge in [0.05, 0.1) is 17.7 Å². The zero-order valence-electron chi connectivity index (χ0n) is 11.5. The highest BCUT2D eigenvalue weighted by Crippen LogP contribution is 2.33. The van der Waals surface area contributed by atoms with Gasteiger partial charge in [-0.2, -0.15) is 5.26 Å². The highest BCUT2D eigenvalue weighted by molar-refractivity contribution is 5.44. The summed E-state index contributed by atoms with van der Waals surface area (Å²) in [5.41, 5.74) is 0.719. The van der Waals surface area contributed by atoms with E-state index in [1.54, 1.807) is 6.92 Å². The van der Waals surface area contributed by atoms with E-state index in [9.17, 15) is 13.9 Å². The molecule has 0 saturated carbocycles. The van der Waals surface area contributed by atoms with Gasteiger partial charge in [-0.05, 0) is 49.7 Å². The van der Waals surface area contributed by atoms with Crippen LogP contribution in [-0.4, -0.2) is 5.11 Å². The monoisotopic (exact) mass is 289 g/mol. The maximum atomic E-state index is 13.8. The summed E-state index contributed by atoms with van der Waals surface area (Å²) in [4.78, 5) is 0. The molecule has 2 aromatic rings. The molecule has 21 heavy (non-hydrogen) atoms. The Morgan fingerprint density at radius 2 is 1.86 bits per heavy atom. The van der Waals surface area contributed by atoms with E-state index in [1.807, 2.05) is 6.07 Å². The molecule has 1 atom stereocenters. The molecule has 0 aromatic heterocycles. The molecular formula is C16H13F2NO2. The first-order valence-electron chi connectivity index (χ1n) is 6.28. The second-order valence-electron chi connectivity index (χ2n) is 4.67. The first-order valence-corrected chi connectivity index (χ1v) is 6.28. The van der Waals surface area contributed by atoms with Gasteiger partial charge in [0, 0.05) is 5.56 Å².